The molecule has 1 aromatic rings. The van der Waals surface area contributed by atoms with Gasteiger partial charge in [-0.1, -0.05) is 11.6 Å². The minimum atomic E-state index is -0.634. The summed E-state index contributed by atoms with van der Waals surface area (Å²) in [4.78, 5) is 41.3. The second kappa shape index (κ2) is 10.1. The van der Waals surface area contributed by atoms with Gasteiger partial charge in [-0.2, -0.15) is 0 Å². The number of piperidine rings is 1. The van der Waals surface area contributed by atoms with Crippen LogP contribution in [0.3, 0.4) is 0 Å². The predicted octanol–water partition coefficient (Wildman–Crippen LogP) is 2.08. The van der Waals surface area contributed by atoms with Crippen LogP contribution in [-0.4, -0.2) is 62.5 Å². The molecule has 0 aromatic heterocycles. The van der Waals surface area contributed by atoms with Crippen molar-refractivity contribution < 1.29 is 19.1 Å². The molecule has 1 atom stereocenters. The Balaban J connectivity index is 1.49. The number of carbonyl (C=O) groups is 3. The molecule has 29 heavy (non-hydrogen) atoms. The number of halogens is 1. The third kappa shape index (κ3) is 5.28. The molecule has 1 unspecified atom stereocenters. The average Bonchev–Trinajstić information content (AvgIpc) is 3.12. The molecular formula is C21H28ClN3O4. The number of rotatable bonds is 7. The lowest BCUT2D eigenvalue weighted by Crippen LogP contribution is -2.46. The van der Waals surface area contributed by atoms with Crippen molar-refractivity contribution in [1.82, 2.24) is 10.2 Å². The third-order valence-electron chi connectivity index (χ3n) is 5.64. The highest BCUT2D eigenvalue weighted by Gasteiger charge is 2.40. The zero-order chi connectivity index (χ0) is 20.8. The van der Waals surface area contributed by atoms with E-state index in [-0.39, 0.29) is 23.6 Å². The maximum atomic E-state index is 12.9. The Morgan fingerprint density at radius 3 is 2.48 bits per heavy atom. The second-order valence-electron chi connectivity index (χ2n) is 7.54. The predicted molar refractivity (Wildman–Crippen MR) is 111 cm³/mol. The molecule has 3 rings (SSSR count). The minimum absolute atomic E-state index is 0.0408. The van der Waals surface area contributed by atoms with Crippen LogP contribution in [0.15, 0.2) is 24.3 Å². The van der Waals surface area contributed by atoms with E-state index in [1.54, 1.807) is 41.2 Å². The number of methoxy groups -OCH3 is 1. The summed E-state index contributed by atoms with van der Waals surface area (Å²) in [5, 5.41) is 3.54. The number of hydrogen-bond donors (Lipinski definition) is 1. The van der Waals surface area contributed by atoms with E-state index in [2.05, 4.69) is 5.32 Å². The van der Waals surface area contributed by atoms with Gasteiger partial charge in [0.1, 0.15) is 5.92 Å². The molecule has 1 aromatic carbocycles. The van der Waals surface area contributed by atoms with Gasteiger partial charge in [-0.15, -0.1) is 0 Å². The van der Waals surface area contributed by atoms with Gasteiger partial charge < -0.3 is 19.9 Å². The minimum Gasteiger partial charge on any atom is -0.385 e. The molecule has 2 aliphatic rings. The zero-order valence-corrected chi connectivity index (χ0v) is 17.5. The number of nitrogens with zero attached hydrogens (tertiary/aromatic N) is 2. The van der Waals surface area contributed by atoms with Crippen LogP contribution >= 0.6 is 11.6 Å². The van der Waals surface area contributed by atoms with Crippen molar-refractivity contribution in [1.29, 1.82) is 0 Å². The fraction of sp³-hybridized carbons (Fsp3) is 0.571. The van der Waals surface area contributed by atoms with Gasteiger partial charge in [0.2, 0.25) is 17.7 Å². The van der Waals surface area contributed by atoms with Crippen molar-refractivity contribution in [3.05, 3.63) is 29.3 Å². The Morgan fingerprint density at radius 1 is 1.14 bits per heavy atom. The molecular weight excluding hydrogens is 394 g/mol. The first-order valence-corrected chi connectivity index (χ1v) is 10.5. The number of hydrogen-bond acceptors (Lipinski definition) is 4. The highest BCUT2D eigenvalue weighted by molar-refractivity contribution is 6.30. The van der Waals surface area contributed by atoms with Crippen LogP contribution in [0, 0.1) is 11.8 Å². The Labute approximate surface area is 176 Å². The van der Waals surface area contributed by atoms with Crippen molar-refractivity contribution in [3.8, 4) is 0 Å². The lowest BCUT2D eigenvalue weighted by atomic mass is 9.94. The topological polar surface area (TPSA) is 79.0 Å². The van der Waals surface area contributed by atoms with Crippen LogP contribution < -0.4 is 10.2 Å². The molecule has 2 heterocycles. The van der Waals surface area contributed by atoms with E-state index in [1.165, 1.54) is 0 Å². The van der Waals surface area contributed by atoms with Gasteiger partial charge in [0.05, 0.1) is 0 Å². The molecule has 3 amide bonds. The maximum absolute atomic E-state index is 12.9. The molecule has 7 nitrogen and oxygen atoms in total. The number of likely N-dealkylation sites (tertiary alicyclic amines) is 1. The summed E-state index contributed by atoms with van der Waals surface area (Å²) in [6.07, 6.45) is 2.56. The molecule has 0 saturated carbocycles. The van der Waals surface area contributed by atoms with Crippen molar-refractivity contribution in [2.24, 2.45) is 11.8 Å². The summed E-state index contributed by atoms with van der Waals surface area (Å²) in [6.45, 7) is 2.77. The number of nitrogens with one attached hydrogen (secondary N) is 1. The van der Waals surface area contributed by atoms with Crippen molar-refractivity contribution >= 4 is 35.0 Å². The van der Waals surface area contributed by atoms with Crippen molar-refractivity contribution in [2.45, 2.75) is 25.7 Å². The Hall–Kier alpha value is -2.12. The molecule has 2 aliphatic heterocycles. The molecule has 2 fully saturated rings. The molecule has 0 radical (unpaired) electrons. The quantitative estimate of drug-likeness (QED) is 0.540. The molecule has 1 N–H and O–H groups in total. The van der Waals surface area contributed by atoms with Crippen LogP contribution in [0.2, 0.25) is 5.02 Å². The van der Waals surface area contributed by atoms with E-state index >= 15 is 0 Å². The van der Waals surface area contributed by atoms with Crippen LogP contribution in [-0.2, 0) is 19.1 Å². The summed E-state index contributed by atoms with van der Waals surface area (Å²) in [7, 11) is 1.64. The average molecular weight is 422 g/mol. The van der Waals surface area contributed by atoms with Gasteiger partial charge in [-0.3, -0.25) is 14.4 Å². The highest BCUT2D eigenvalue weighted by atomic mass is 35.5. The standard InChI is InChI=1S/C21H28ClN3O4/c1-29-14-2-10-23-19(26)15-7-11-24(12-8-15)20(27)18-9-13-25(21(18)28)17-5-3-16(22)4-6-17/h3-6,15,18H,2,7-14H2,1H3,(H,23,26). The second-order valence-corrected chi connectivity index (χ2v) is 7.98. The number of anilines is 1. The fourth-order valence-electron chi connectivity index (χ4n) is 3.94. The largest absolute Gasteiger partial charge is 0.385 e. The third-order valence-corrected chi connectivity index (χ3v) is 5.90. The maximum Gasteiger partial charge on any atom is 0.239 e. The number of benzene rings is 1. The monoisotopic (exact) mass is 421 g/mol. The smallest absolute Gasteiger partial charge is 0.239 e. The van der Waals surface area contributed by atoms with Gasteiger partial charge >= 0.3 is 0 Å². The summed E-state index contributed by atoms with van der Waals surface area (Å²) in [5.74, 6) is -0.948. The van der Waals surface area contributed by atoms with Crippen LogP contribution in [0.5, 0.6) is 0 Å². The van der Waals surface area contributed by atoms with Gasteiger partial charge in [0, 0.05) is 56.5 Å². The molecule has 0 spiro atoms. The summed E-state index contributed by atoms with van der Waals surface area (Å²) < 4.78 is 4.98. The molecule has 158 valence electrons. The van der Waals surface area contributed by atoms with E-state index in [9.17, 15) is 14.4 Å². The van der Waals surface area contributed by atoms with Crippen LogP contribution in [0.4, 0.5) is 5.69 Å². The summed E-state index contributed by atoms with van der Waals surface area (Å²) in [5.41, 5.74) is 0.763. The molecule has 2 saturated heterocycles. The molecule has 8 heteroatoms. The normalized spacial score (nSPS) is 20.2. The molecule has 0 aliphatic carbocycles. The molecule has 0 bridgehead atoms. The van der Waals surface area contributed by atoms with Crippen molar-refractivity contribution in [2.75, 3.05) is 44.8 Å². The Morgan fingerprint density at radius 2 is 1.83 bits per heavy atom. The van der Waals surface area contributed by atoms with Crippen LogP contribution in [0.25, 0.3) is 0 Å². The fourth-order valence-corrected chi connectivity index (χ4v) is 4.07. The summed E-state index contributed by atoms with van der Waals surface area (Å²) in [6, 6.07) is 7.07. The van der Waals surface area contributed by atoms with Gasteiger partial charge in [0.15, 0.2) is 0 Å². The van der Waals surface area contributed by atoms with E-state index in [0.29, 0.717) is 57.1 Å². The van der Waals surface area contributed by atoms with Crippen molar-refractivity contribution in [3.63, 3.8) is 0 Å². The van der Waals surface area contributed by atoms with Gasteiger partial charge in [0.25, 0.3) is 0 Å². The number of ether oxygens (including phenoxy) is 1. The summed E-state index contributed by atoms with van der Waals surface area (Å²) >= 11 is 5.91. The van der Waals surface area contributed by atoms with E-state index in [4.69, 9.17) is 16.3 Å². The van der Waals surface area contributed by atoms with E-state index in [1.807, 2.05) is 0 Å². The zero-order valence-electron chi connectivity index (χ0n) is 16.7. The first-order valence-electron chi connectivity index (χ1n) is 10.1. The van der Waals surface area contributed by atoms with Gasteiger partial charge in [-0.25, -0.2) is 0 Å². The van der Waals surface area contributed by atoms with E-state index < -0.39 is 5.92 Å². The number of carbonyl (C=O) groups excluding carboxylic acids is 3. The lowest BCUT2D eigenvalue weighted by molar-refractivity contribution is -0.142. The first kappa shape index (κ1) is 21.6. The van der Waals surface area contributed by atoms with Gasteiger partial charge in [-0.05, 0) is 49.9 Å². The Kier molecular flexibility index (Phi) is 7.50. The SMILES string of the molecule is COCCCNC(=O)C1CCN(C(=O)C2CCN(c3ccc(Cl)cc3)C2=O)CC1. The van der Waals surface area contributed by atoms with Crippen LogP contribution in [0.1, 0.15) is 25.7 Å². The number of amides is 3. The highest BCUT2D eigenvalue weighted by Crippen LogP contribution is 2.29. The lowest BCUT2D eigenvalue weighted by Gasteiger charge is -2.32. The first-order chi connectivity index (χ1) is 14.0. The van der Waals surface area contributed by atoms with E-state index in [0.717, 1.165) is 12.1 Å². The Bertz CT molecular complexity index is 732.